The molecule has 0 unspecified atom stereocenters. The number of carbonyl (C=O) groups excluding carboxylic acids is 4. The lowest BCUT2D eigenvalue weighted by molar-refractivity contribution is -0.147. The lowest BCUT2D eigenvalue weighted by Crippen LogP contribution is -2.54. The van der Waals surface area contributed by atoms with Crippen LogP contribution in [0.15, 0.2) is 66.9 Å². The third-order valence-corrected chi connectivity index (χ3v) is 10.7. The molecule has 0 spiro atoms. The molecule has 13 heteroatoms. The Morgan fingerprint density at radius 3 is 2.27 bits per heavy atom. The molecule has 3 heterocycles. The number of nitrogens with one attached hydrogen (secondary N) is 3. The second-order valence-electron chi connectivity index (χ2n) is 14.2. The van der Waals surface area contributed by atoms with E-state index in [4.69, 9.17) is 0 Å². The number of fused-ring (bicyclic) bond motifs is 1. The number of anilines is 2. The maximum atomic E-state index is 14.6. The second-order valence-corrected chi connectivity index (χ2v) is 14.2. The molecule has 0 saturated carbocycles. The zero-order valence-corrected chi connectivity index (χ0v) is 29.8. The molecule has 1 atom stereocenters. The molecule has 2 fully saturated rings. The zero-order chi connectivity index (χ0) is 36.9. The van der Waals surface area contributed by atoms with Gasteiger partial charge in [-0.25, -0.2) is 18.6 Å². The molecule has 3 aromatic rings. The van der Waals surface area contributed by atoms with Gasteiger partial charge in [-0.15, -0.1) is 0 Å². The second kappa shape index (κ2) is 15.8. The van der Waals surface area contributed by atoms with Gasteiger partial charge in [-0.2, -0.15) is 0 Å². The lowest BCUT2D eigenvalue weighted by Gasteiger charge is -2.43. The van der Waals surface area contributed by atoms with Crippen LogP contribution in [0, 0.1) is 11.3 Å². The third kappa shape index (κ3) is 8.41. The van der Waals surface area contributed by atoms with Gasteiger partial charge in [0.05, 0.1) is 12.0 Å². The van der Waals surface area contributed by atoms with Crippen molar-refractivity contribution in [3.05, 3.63) is 89.1 Å². The van der Waals surface area contributed by atoms with E-state index in [0.717, 1.165) is 22.3 Å². The molecule has 5 amide bonds. The smallest absolute Gasteiger partial charge is 0.320 e. The third-order valence-electron chi connectivity index (χ3n) is 10.7. The topological polar surface area (TPSA) is 127 Å². The fourth-order valence-corrected chi connectivity index (χ4v) is 7.68. The first-order chi connectivity index (χ1) is 25.0. The van der Waals surface area contributed by atoms with Crippen LogP contribution in [0.3, 0.4) is 0 Å². The van der Waals surface area contributed by atoms with Crippen LogP contribution in [0.5, 0.6) is 0 Å². The van der Waals surface area contributed by atoms with Gasteiger partial charge in [0, 0.05) is 56.9 Å². The molecule has 276 valence electrons. The highest BCUT2D eigenvalue weighted by Gasteiger charge is 2.46. The summed E-state index contributed by atoms with van der Waals surface area (Å²) in [5, 5.41) is 9.03. The number of benzene rings is 2. The first-order valence-corrected chi connectivity index (χ1v) is 18.0. The molecule has 1 aromatic heterocycles. The molecule has 0 radical (unpaired) electrons. The Kier molecular flexibility index (Phi) is 11.2. The van der Waals surface area contributed by atoms with Crippen LogP contribution in [0.2, 0.25) is 0 Å². The Morgan fingerprint density at radius 1 is 0.885 bits per heavy atom. The van der Waals surface area contributed by atoms with E-state index >= 15 is 0 Å². The van der Waals surface area contributed by atoms with E-state index in [2.05, 4.69) is 20.9 Å². The van der Waals surface area contributed by atoms with Crippen molar-refractivity contribution in [2.75, 3.05) is 50.4 Å². The van der Waals surface area contributed by atoms with Crippen molar-refractivity contribution in [2.24, 2.45) is 11.3 Å². The molecule has 1 aliphatic carbocycles. The standard InChI is InChI=1S/C39H47F2N7O4/c1-3-38(13-17-46(18-14-38)37(52)47-19-15-39(40,41)26-47)36(51)48(24-29-9-5-4-8-28(29)23-42-2)25-34(49)44-32-12-11-27-20-31(21-30(27)22-32)35(50)45-33-10-6-7-16-43-33/h4-12,16,22,31,42H,3,13-15,17-21,23-26H2,1-2H3,(H,44,49)(H,43,45,50)/t31-/m1/s1. The molecular weight excluding hydrogens is 668 g/mol. The van der Waals surface area contributed by atoms with Gasteiger partial charge in [0.2, 0.25) is 17.7 Å². The van der Waals surface area contributed by atoms with Gasteiger partial charge in [0.25, 0.3) is 5.92 Å². The van der Waals surface area contributed by atoms with Crippen molar-refractivity contribution in [1.82, 2.24) is 25.0 Å². The number of amides is 5. The number of rotatable bonds is 11. The SMILES string of the molecule is CCC1(C(=O)N(CC(=O)Nc2ccc3c(c2)C[C@H](C(=O)Nc2ccccn2)C3)Cc2ccccc2CNC)CCN(C(=O)N2CCC(F)(F)C2)CC1. The number of aromatic nitrogens is 1. The zero-order valence-electron chi connectivity index (χ0n) is 29.8. The van der Waals surface area contributed by atoms with Gasteiger partial charge >= 0.3 is 6.03 Å². The van der Waals surface area contributed by atoms with Crippen molar-refractivity contribution in [2.45, 2.75) is 64.5 Å². The van der Waals surface area contributed by atoms with E-state index in [9.17, 15) is 28.0 Å². The number of hydrogen-bond acceptors (Lipinski definition) is 6. The Labute approximate surface area is 303 Å². The lowest BCUT2D eigenvalue weighted by atomic mass is 9.74. The van der Waals surface area contributed by atoms with Crippen LogP contribution in [0.25, 0.3) is 0 Å². The van der Waals surface area contributed by atoms with Crippen molar-refractivity contribution >= 4 is 35.3 Å². The predicted octanol–water partition coefficient (Wildman–Crippen LogP) is 5.08. The summed E-state index contributed by atoms with van der Waals surface area (Å²) >= 11 is 0. The predicted molar refractivity (Wildman–Crippen MR) is 194 cm³/mol. The molecule has 3 aliphatic rings. The number of urea groups is 1. The normalized spacial score (nSPS) is 18.8. The molecule has 0 bridgehead atoms. The highest BCUT2D eigenvalue weighted by Crippen LogP contribution is 2.39. The van der Waals surface area contributed by atoms with Gasteiger partial charge < -0.3 is 30.7 Å². The molecular formula is C39H47F2N7O4. The van der Waals surface area contributed by atoms with Gasteiger partial charge in [-0.1, -0.05) is 43.3 Å². The van der Waals surface area contributed by atoms with Crippen molar-refractivity contribution in [3.63, 3.8) is 0 Å². The molecule has 3 N–H and O–H groups in total. The summed E-state index contributed by atoms with van der Waals surface area (Å²) in [6.45, 7) is 2.53. The van der Waals surface area contributed by atoms with E-state index in [-0.39, 0.29) is 62.8 Å². The summed E-state index contributed by atoms with van der Waals surface area (Å²) in [6, 6.07) is 18.4. The van der Waals surface area contributed by atoms with Crippen LogP contribution < -0.4 is 16.0 Å². The number of halogens is 2. The Bertz CT molecular complexity index is 1780. The van der Waals surface area contributed by atoms with Gasteiger partial charge in [-0.3, -0.25) is 14.4 Å². The van der Waals surface area contributed by atoms with Crippen LogP contribution >= 0.6 is 0 Å². The fraction of sp³-hybridized carbons (Fsp3) is 0.462. The summed E-state index contributed by atoms with van der Waals surface area (Å²) in [5.41, 5.74) is 3.72. The molecule has 52 heavy (non-hydrogen) atoms. The van der Waals surface area contributed by atoms with Crippen LogP contribution in [0.4, 0.5) is 25.1 Å². The van der Waals surface area contributed by atoms with Gasteiger partial charge in [0.1, 0.15) is 12.4 Å². The number of hydrogen-bond donors (Lipinski definition) is 3. The maximum Gasteiger partial charge on any atom is 0.320 e. The number of pyridine rings is 1. The Balaban J connectivity index is 1.14. The van der Waals surface area contributed by atoms with Crippen LogP contribution in [0.1, 0.15) is 54.9 Å². The minimum Gasteiger partial charge on any atom is -0.329 e. The minimum absolute atomic E-state index is 0.0151. The number of alkyl halides is 2. The van der Waals surface area contributed by atoms with Crippen LogP contribution in [-0.4, -0.2) is 89.1 Å². The number of piperidine rings is 1. The number of nitrogens with zero attached hydrogens (tertiary/aromatic N) is 4. The first kappa shape index (κ1) is 36.9. The highest BCUT2D eigenvalue weighted by atomic mass is 19.3. The molecule has 2 aromatic carbocycles. The number of carbonyl (C=O) groups is 4. The molecule has 11 nitrogen and oxygen atoms in total. The summed E-state index contributed by atoms with van der Waals surface area (Å²) in [5.74, 6) is -3.25. The Morgan fingerprint density at radius 2 is 1.60 bits per heavy atom. The molecule has 6 rings (SSSR count). The fourth-order valence-electron chi connectivity index (χ4n) is 7.68. The summed E-state index contributed by atoms with van der Waals surface area (Å²) in [4.78, 5) is 62.9. The highest BCUT2D eigenvalue weighted by molar-refractivity contribution is 5.96. The minimum atomic E-state index is -2.88. The first-order valence-electron chi connectivity index (χ1n) is 18.0. The van der Waals surface area contributed by atoms with Crippen molar-refractivity contribution in [1.29, 1.82) is 0 Å². The van der Waals surface area contributed by atoms with Crippen LogP contribution in [-0.2, 0) is 40.3 Å². The maximum absolute atomic E-state index is 14.6. The van der Waals surface area contributed by atoms with Gasteiger partial charge in [0.15, 0.2) is 0 Å². The largest absolute Gasteiger partial charge is 0.329 e. The average molecular weight is 716 g/mol. The van der Waals surface area contributed by atoms with E-state index in [0.29, 0.717) is 50.2 Å². The van der Waals surface area contributed by atoms with E-state index in [1.165, 1.54) is 4.90 Å². The van der Waals surface area contributed by atoms with E-state index < -0.39 is 23.9 Å². The quantitative estimate of drug-likeness (QED) is 0.255. The molecule has 2 saturated heterocycles. The molecule has 2 aliphatic heterocycles. The Hall–Kier alpha value is -4.91. The van der Waals surface area contributed by atoms with E-state index in [1.54, 1.807) is 28.1 Å². The van der Waals surface area contributed by atoms with Crippen molar-refractivity contribution in [3.8, 4) is 0 Å². The summed E-state index contributed by atoms with van der Waals surface area (Å²) in [7, 11) is 1.85. The summed E-state index contributed by atoms with van der Waals surface area (Å²) in [6.07, 6.45) is 3.65. The van der Waals surface area contributed by atoms with Crippen molar-refractivity contribution < 1.29 is 28.0 Å². The average Bonchev–Trinajstić information content (AvgIpc) is 3.74. The monoisotopic (exact) mass is 715 g/mol. The van der Waals surface area contributed by atoms with Gasteiger partial charge in [-0.05, 0) is 85.7 Å². The van der Waals surface area contributed by atoms with E-state index in [1.807, 2.05) is 62.5 Å². The summed E-state index contributed by atoms with van der Waals surface area (Å²) < 4.78 is 27.7. The number of likely N-dealkylation sites (tertiary alicyclic amines) is 2.